The lowest BCUT2D eigenvalue weighted by molar-refractivity contribution is 0.281. The second-order valence-electron chi connectivity index (χ2n) is 6.83. The van der Waals surface area contributed by atoms with Crippen LogP contribution >= 0.6 is 0 Å². The van der Waals surface area contributed by atoms with Crippen LogP contribution in [0.3, 0.4) is 0 Å². The molecule has 0 unspecified atom stereocenters. The maximum Gasteiger partial charge on any atom is 0.229 e. The average molecular weight is 291 g/mol. The lowest BCUT2D eigenvalue weighted by atomic mass is 9.85. The van der Waals surface area contributed by atoms with E-state index in [0.717, 1.165) is 18.3 Å². The quantitative estimate of drug-likeness (QED) is 0.885. The van der Waals surface area contributed by atoms with Crippen molar-refractivity contribution < 1.29 is 4.52 Å². The summed E-state index contributed by atoms with van der Waals surface area (Å²) in [6, 6.07) is 0.696. The maximum absolute atomic E-state index is 5.59. The molecule has 4 heteroatoms. The van der Waals surface area contributed by atoms with Gasteiger partial charge in [0, 0.05) is 17.9 Å². The van der Waals surface area contributed by atoms with E-state index in [1.165, 1.54) is 64.2 Å². The van der Waals surface area contributed by atoms with Crippen LogP contribution in [0, 0.1) is 0 Å². The first-order valence-electron chi connectivity index (χ1n) is 8.93. The van der Waals surface area contributed by atoms with Gasteiger partial charge < -0.3 is 9.84 Å². The fourth-order valence-electron chi connectivity index (χ4n) is 3.83. The molecule has 0 radical (unpaired) electrons. The molecular weight excluding hydrogens is 262 g/mol. The SMILES string of the molecule is CCCNC1CCC(c2nc(C3CCCCC3)no2)CC1. The second-order valence-corrected chi connectivity index (χ2v) is 6.83. The Balaban J connectivity index is 1.52. The van der Waals surface area contributed by atoms with Crippen LogP contribution in [-0.2, 0) is 0 Å². The minimum atomic E-state index is 0.495. The number of nitrogens with one attached hydrogen (secondary N) is 1. The summed E-state index contributed by atoms with van der Waals surface area (Å²) in [7, 11) is 0. The van der Waals surface area contributed by atoms with Crippen molar-refractivity contribution in [3.8, 4) is 0 Å². The predicted molar refractivity (Wildman–Crippen MR) is 83.4 cm³/mol. The van der Waals surface area contributed by atoms with Crippen molar-refractivity contribution in [3.63, 3.8) is 0 Å². The van der Waals surface area contributed by atoms with E-state index in [1.807, 2.05) is 0 Å². The molecule has 0 amide bonds. The Bertz CT molecular complexity index is 417. The zero-order valence-corrected chi connectivity index (χ0v) is 13.3. The molecule has 21 heavy (non-hydrogen) atoms. The highest BCUT2D eigenvalue weighted by Crippen LogP contribution is 2.35. The van der Waals surface area contributed by atoms with E-state index in [0.29, 0.717) is 17.9 Å². The maximum atomic E-state index is 5.59. The Hall–Kier alpha value is -0.900. The van der Waals surface area contributed by atoms with Crippen molar-refractivity contribution >= 4 is 0 Å². The number of rotatable bonds is 5. The Labute approximate surface area is 128 Å². The third-order valence-corrected chi connectivity index (χ3v) is 5.19. The fraction of sp³-hybridized carbons (Fsp3) is 0.882. The van der Waals surface area contributed by atoms with Crippen LogP contribution in [0.1, 0.15) is 94.7 Å². The van der Waals surface area contributed by atoms with E-state index >= 15 is 0 Å². The van der Waals surface area contributed by atoms with E-state index in [1.54, 1.807) is 0 Å². The summed E-state index contributed by atoms with van der Waals surface area (Å²) in [5.74, 6) is 2.94. The van der Waals surface area contributed by atoms with Gasteiger partial charge >= 0.3 is 0 Å². The molecule has 2 fully saturated rings. The number of aromatic nitrogens is 2. The van der Waals surface area contributed by atoms with Gasteiger partial charge in [0.05, 0.1) is 0 Å². The lowest BCUT2D eigenvalue weighted by Crippen LogP contribution is -2.33. The average Bonchev–Trinajstić information content (AvgIpc) is 3.04. The molecule has 1 aromatic heterocycles. The zero-order chi connectivity index (χ0) is 14.5. The van der Waals surface area contributed by atoms with E-state index < -0.39 is 0 Å². The monoisotopic (exact) mass is 291 g/mol. The molecule has 2 aliphatic carbocycles. The first-order valence-corrected chi connectivity index (χ1v) is 8.93. The van der Waals surface area contributed by atoms with Crippen LogP contribution in [0.25, 0.3) is 0 Å². The van der Waals surface area contributed by atoms with Gasteiger partial charge in [0.25, 0.3) is 0 Å². The normalized spacial score (nSPS) is 27.9. The molecule has 2 aliphatic rings. The highest BCUT2D eigenvalue weighted by molar-refractivity contribution is 5.01. The Kier molecular flexibility index (Phi) is 5.28. The Morgan fingerprint density at radius 2 is 1.76 bits per heavy atom. The van der Waals surface area contributed by atoms with Crippen molar-refractivity contribution in [2.24, 2.45) is 0 Å². The molecule has 0 aliphatic heterocycles. The summed E-state index contributed by atoms with van der Waals surface area (Å²) in [5.41, 5.74) is 0. The molecule has 1 aromatic rings. The molecule has 1 N–H and O–H groups in total. The van der Waals surface area contributed by atoms with Crippen molar-refractivity contribution in [1.29, 1.82) is 0 Å². The number of nitrogens with zero attached hydrogens (tertiary/aromatic N) is 2. The minimum absolute atomic E-state index is 0.495. The van der Waals surface area contributed by atoms with Gasteiger partial charge in [-0.2, -0.15) is 4.98 Å². The summed E-state index contributed by atoms with van der Waals surface area (Å²) < 4.78 is 5.59. The Morgan fingerprint density at radius 1 is 1.00 bits per heavy atom. The second kappa shape index (κ2) is 7.39. The summed E-state index contributed by atoms with van der Waals surface area (Å²) in [6.45, 7) is 3.37. The van der Waals surface area contributed by atoms with Gasteiger partial charge in [0.1, 0.15) is 0 Å². The summed E-state index contributed by atoms with van der Waals surface area (Å²) in [4.78, 5) is 4.75. The molecule has 3 rings (SSSR count). The van der Waals surface area contributed by atoms with E-state index in [9.17, 15) is 0 Å². The van der Waals surface area contributed by atoms with Gasteiger partial charge in [-0.25, -0.2) is 0 Å². The standard InChI is InChI=1S/C17H29N3O/c1-2-12-18-15-10-8-14(9-11-15)17-19-16(20-21-17)13-6-4-3-5-7-13/h13-15,18H,2-12H2,1H3. The van der Waals surface area contributed by atoms with Crippen LogP contribution < -0.4 is 5.32 Å². The molecule has 0 spiro atoms. The van der Waals surface area contributed by atoms with Gasteiger partial charge in [0.15, 0.2) is 5.82 Å². The first kappa shape index (κ1) is 15.0. The molecule has 2 saturated carbocycles. The molecule has 118 valence electrons. The molecule has 0 saturated heterocycles. The summed E-state index contributed by atoms with van der Waals surface area (Å²) >= 11 is 0. The van der Waals surface area contributed by atoms with E-state index in [2.05, 4.69) is 17.4 Å². The summed E-state index contributed by atoms with van der Waals surface area (Å²) in [6.07, 6.45) is 12.6. The third-order valence-electron chi connectivity index (χ3n) is 5.19. The van der Waals surface area contributed by atoms with Crippen LogP contribution in [0.4, 0.5) is 0 Å². The van der Waals surface area contributed by atoms with Gasteiger partial charge in [-0.05, 0) is 51.5 Å². The summed E-state index contributed by atoms with van der Waals surface area (Å²) in [5, 5.41) is 7.92. The topological polar surface area (TPSA) is 51.0 Å². The smallest absolute Gasteiger partial charge is 0.229 e. The van der Waals surface area contributed by atoms with E-state index in [4.69, 9.17) is 9.51 Å². The number of hydrogen-bond donors (Lipinski definition) is 1. The highest BCUT2D eigenvalue weighted by Gasteiger charge is 2.28. The van der Waals surface area contributed by atoms with Gasteiger partial charge in [-0.15, -0.1) is 0 Å². The van der Waals surface area contributed by atoms with Crippen LogP contribution in [0.2, 0.25) is 0 Å². The lowest BCUT2D eigenvalue weighted by Gasteiger charge is -2.27. The van der Waals surface area contributed by atoms with Gasteiger partial charge in [-0.3, -0.25) is 0 Å². The Morgan fingerprint density at radius 3 is 2.48 bits per heavy atom. The predicted octanol–water partition coefficient (Wildman–Crippen LogP) is 4.14. The van der Waals surface area contributed by atoms with Crippen LogP contribution in [0.5, 0.6) is 0 Å². The van der Waals surface area contributed by atoms with E-state index in [-0.39, 0.29) is 0 Å². The first-order chi connectivity index (χ1) is 10.4. The molecule has 4 nitrogen and oxygen atoms in total. The molecular formula is C17H29N3O. The third kappa shape index (κ3) is 3.85. The molecule has 1 heterocycles. The highest BCUT2D eigenvalue weighted by atomic mass is 16.5. The van der Waals surface area contributed by atoms with Crippen LogP contribution in [-0.4, -0.2) is 22.7 Å². The zero-order valence-electron chi connectivity index (χ0n) is 13.3. The molecule has 0 aromatic carbocycles. The van der Waals surface area contributed by atoms with Gasteiger partial charge in [-0.1, -0.05) is 31.3 Å². The van der Waals surface area contributed by atoms with Crippen molar-refractivity contribution in [2.45, 2.75) is 89.0 Å². The van der Waals surface area contributed by atoms with Crippen molar-refractivity contribution in [1.82, 2.24) is 15.5 Å². The molecule has 0 atom stereocenters. The molecule has 0 bridgehead atoms. The minimum Gasteiger partial charge on any atom is -0.339 e. The van der Waals surface area contributed by atoms with Crippen LogP contribution in [0.15, 0.2) is 4.52 Å². The fourth-order valence-corrected chi connectivity index (χ4v) is 3.83. The number of hydrogen-bond acceptors (Lipinski definition) is 4. The van der Waals surface area contributed by atoms with Crippen molar-refractivity contribution in [3.05, 3.63) is 11.7 Å². The van der Waals surface area contributed by atoms with Gasteiger partial charge in [0.2, 0.25) is 5.89 Å². The largest absolute Gasteiger partial charge is 0.339 e. The van der Waals surface area contributed by atoms with Crippen molar-refractivity contribution in [2.75, 3.05) is 6.54 Å².